The Balaban J connectivity index is 1.95. The summed E-state index contributed by atoms with van der Waals surface area (Å²) < 4.78 is 0. The van der Waals surface area contributed by atoms with Gasteiger partial charge in [-0.2, -0.15) is 0 Å². The second kappa shape index (κ2) is 5.14. The van der Waals surface area contributed by atoms with Crippen molar-refractivity contribution in [3.8, 4) is 0 Å². The highest BCUT2D eigenvalue weighted by atomic mass is 16.4. The molecule has 0 aliphatic heterocycles. The van der Waals surface area contributed by atoms with Crippen LogP contribution >= 0.6 is 0 Å². The molecule has 1 saturated carbocycles. The summed E-state index contributed by atoms with van der Waals surface area (Å²) in [7, 11) is 0. The van der Waals surface area contributed by atoms with Crippen LogP contribution in [0.2, 0.25) is 0 Å². The lowest BCUT2D eigenvalue weighted by Crippen LogP contribution is -2.27. The molecule has 1 aliphatic carbocycles. The van der Waals surface area contributed by atoms with Gasteiger partial charge in [0.25, 0.3) is 0 Å². The number of oxime groups is 1. The monoisotopic (exact) mass is 234 g/mol. The molecule has 2 rings (SSSR count). The number of pyridine rings is 1. The van der Waals surface area contributed by atoms with Gasteiger partial charge in [0.2, 0.25) is 0 Å². The molecule has 1 atom stereocenters. The Bertz CT molecular complexity index is 415. The highest BCUT2D eigenvalue weighted by Gasteiger charge is 2.27. The zero-order valence-corrected chi connectivity index (χ0v) is 9.93. The van der Waals surface area contributed by atoms with Crippen LogP contribution in [-0.4, -0.2) is 22.1 Å². The average Bonchev–Trinajstić information content (AvgIpc) is 3.19. The van der Waals surface area contributed by atoms with Crippen molar-refractivity contribution in [2.45, 2.75) is 32.4 Å². The lowest BCUT2D eigenvalue weighted by molar-refractivity contribution is 0.318. The van der Waals surface area contributed by atoms with Crippen LogP contribution in [0.5, 0.6) is 0 Å². The summed E-state index contributed by atoms with van der Waals surface area (Å²) in [6.45, 7) is 3.00. The van der Waals surface area contributed by atoms with Gasteiger partial charge in [-0.3, -0.25) is 4.98 Å². The number of nitrogens with zero attached hydrogens (tertiary/aromatic N) is 2. The Morgan fingerprint density at radius 2 is 2.47 bits per heavy atom. The van der Waals surface area contributed by atoms with Crippen molar-refractivity contribution in [2.75, 3.05) is 0 Å². The summed E-state index contributed by atoms with van der Waals surface area (Å²) in [6.07, 6.45) is 4.34. The van der Waals surface area contributed by atoms with Gasteiger partial charge in [-0.15, -0.1) is 0 Å². The molecule has 1 unspecified atom stereocenters. The predicted octanol–water partition coefficient (Wildman–Crippen LogP) is 1.06. The number of amidine groups is 1. The van der Waals surface area contributed by atoms with E-state index < -0.39 is 0 Å². The van der Waals surface area contributed by atoms with Gasteiger partial charge in [0, 0.05) is 18.8 Å². The molecule has 1 heterocycles. The van der Waals surface area contributed by atoms with Crippen molar-refractivity contribution in [1.29, 1.82) is 0 Å². The molecule has 1 aliphatic rings. The van der Waals surface area contributed by atoms with Gasteiger partial charge in [0.05, 0.1) is 0 Å². The number of hydrogen-bond acceptors (Lipinski definition) is 4. The summed E-state index contributed by atoms with van der Waals surface area (Å²) in [4.78, 5) is 4.04. The molecular formula is C12H18N4O. The first kappa shape index (κ1) is 11.9. The SMILES string of the molecule is CC(NCc1ccnc(C(N)=NO)c1)C1CC1. The minimum absolute atomic E-state index is 0.0436. The van der Waals surface area contributed by atoms with Crippen molar-refractivity contribution < 1.29 is 5.21 Å². The molecular weight excluding hydrogens is 216 g/mol. The molecule has 5 nitrogen and oxygen atoms in total. The van der Waals surface area contributed by atoms with Crippen LogP contribution in [0.1, 0.15) is 31.0 Å². The van der Waals surface area contributed by atoms with E-state index in [1.165, 1.54) is 12.8 Å². The van der Waals surface area contributed by atoms with E-state index in [2.05, 4.69) is 22.4 Å². The largest absolute Gasteiger partial charge is 0.409 e. The second-order valence-corrected chi connectivity index (χ2v) is 4.54. The molecule has 17 heavy (non-hydrogen) atoms. The number of nitrogens with two attached hydrogens (primary N) is 1. The lowest BCUT2D eigenvalue weighted by atomic mass is 10.2. The first-order valence-electron chi connectivity index (χ1n) is 5.87. The topological polar surface area (TPSA) is 83.5 Å². The highest BCUT2D eigenvalue weighted by molar-refractivity contribution is 5.95. The minimum atomic E-state index is 0.0436. The van der Waals surface area contributed by atoms with E-state index in [9.17, 15) is 0 Å². The van der Waals surface area contributed by atoms with Crippen LogP contribution < -0.4 is 11.1 Å². The van der Waals surface area contributed by atoms with Gasteiger partial charge in [-0.1, -0.05) is 5.16 Å². The Kier molecular flexibility index (Phi) is 3.58. The van der Waals surface area contributed by atoms with E-state index in [0.29, 0.717) is 11.7 Å². The Morgan fingerprint density at radius 3 is 3.12 bits per heavy atom. The van der Waals surface area contributed by atoms with Crippen molar-refractivity contribution in [3.63, 3.8) is 0 Å². The number of rotatable bonds is 5. The highest BCUT2D eigenvalue weighted by Crippen LogP contribution is 2.32. The van der Waals surface area contributed by atoms with Gasteiger partial charge in [0.1, 0.15) is 5.69 Å². The van der Waals surface area contributed by atoms with E-state index in [0.717, 1.165) is 18.0 Å². The van der Waals surface area contributed by atoms with Crippen LogP contribution in [0.3, 0.4) is 0 Å². The summed E-state index contributed by atoms with van der Waals surface area (Å²) in [5.41, 5.74) is 7.09. The van der Waals surface area contributed by atoms with Crippen molar-refractivity contribution >= 4 is 5.84 Å². The summed E-state index contributed by atoms with van der Waals surface area (Å²) in [5.74, 6) is 0.877. The third-order valence-corrected chi connectivity index (χ3v) is 3.15. The van der Waals surface area contributed by atoms with E-state index in [4.69, 9.17) is 10.9 Å². The van der Waals surface area contributed by atoms with Crippen molar-refractivity contribution in [3.05, 3.63) is 29.6 Å². The Hall–Kier alpha value is -1.62. The summed E-state index contributed by atoms with van der Waals surface area (Å²) >= 11 is 0. The summed E-state index contributed by atoms with van der Waals surface area (Å²) in [6, 6.07) is 4.32. The fourth-order valence-electron chi connectivity index (χ4n) is 1.82. The average molecular weight is 234 g/mol. The van der Waals surface area contributed by atoms with Crippen LogP contribution in [0.25, 0.3) is 0 Å². The molecule has 1 fully saturated rings. The van der Waals surface area contributed by atoms with Gasteiger partial charge < -0.3 is 16.3 Å². The normalized spacial score (nSPS) is 18.1. The lowest BCUT2D eigenvalue weighted by Gasteiger charge is -2.12. The van der Waals surface area contributed by atoms with E-state index in [-0.39, 0.29) is 5.84 Å². The predicted molar refractivity (Wildman–Crippen MR) is 65.8 cm³/mol. The van der Waals surface area contributed by atoms with Crippen molar-refractivity contribution in [2.24, 2.45) is 16.8 Å². The standard InChI is InChI=1S/C12H18N4O/c1-8(10-2-3-10)15-7-9-4-5-14-11(6-9)12(13)16-17/h4-6,8,10,15,17H,2-3,7H2,1H3,(H2,13,16). The zero-order chi connectivity index (χ0) is 12.3. The minimum Gasteiger partial charge on any atom is -0.409 e. The first-order chi connectivity index (χ1) is 8.20. The van der Waals surface area contributed by atoms with E-state index in [1.54, 1.807) is 6.20 Å². The third-order valence-electron chi connectivity index (χ3n) is 3.15. The van der Waals surface area contributed by atoms with Crippen LogP contribution in [0, 0.1) is 5.92 Å². The number of aromatic nitrogens is 1. The maximum absolute atomic E-state index is 8.59. The molecule has 1 aromatic rings. The molecule has 5 heteroatoms. The third kappa shape index (κ3) is 3.17. The van der Waals surface area contributed by atoms with Gasteiger partial charge in [-0.05, 0) is 43.4 Å². The van der Waals surface area contributed by atoms with Crippen LogP contribution in [0.4, 0.5) is 0 Å². The second-order valence-electron chi connectivity index (χ2n) is 4.54. The maximum Gasteiger partial charge on any atom is 0.188 e. The Morgan fingerprint density at radius 1 is 1.71 bits per heavy atom. The quantitative estimate of drug-likeness (QED) is 0.308. The molecule has 1 aromatic heterocycles. The molecule has 0 radical (unpaired) electrons. The summed E-state index contributed by atoms with van der Waals surface area (Å²) in [5, 5.41) is 15.0. The van der Waals surface area contributed by atoms with Crippen molar-refractivity contribution in [1.82, 2.24) is 10.3 Å². The molecule has 0 spiro atoms. The molecule has 0 amide bonds. The maximum atomic E-state index is 8.59. The number of nitrogens with one attached hydrogen (secondary N) is 1. The van der Waals surface area contributed by atoms with Gasteiger partial charge in [-0.25, -0.2) is 0 Å². The fourth-order valence-corrected chi connectivity index (χ4v) is 1.82. The molecule has 0 aromatic carbocycles. The van der Waals surface area contributed by atoms with Crippen LogP contribution in [-0.2, 0) is 6.54 Å². The smallest absolute Gasteiger partial charge is 0.188 e. The fraction of sp³-hybridized carbons (Fsp3) is 0.500. The van der Waals surface area contributed by atoms with E-state index in [1.807, 2.05) is 12.1 Å². The number of hydrogen-bond donors (Lipinski definition) is 3. The molecule has 92 valence electrons. The molecule has 4 N–H and O–H groups in total. The zero-order valence-electron chi connectivity index (χ0n) is 9.93. The Labute approximate surface area is 101 Å². The van der Waals surface area contributed by atoms with E-state index >= 15 is 0 Å². The van der Waals surface area contributed by atoms with Gasteiger partial charge in [0.15, 0.2) is 5.84 Å². The first-order valence-corrected chi connectivity index (χ1v) is 5.87. The molecule has 0 bridgehead atoms. The molecule has 0 saturated heterocycles. The van der Waals surface area contributed by atoms with Gasteiger partial charge >= 0.3 is 0 Å². The van der Waals surface area contributed by atoms with Crippen LogP contribution in [0.15, 0.2) is 23.5 Å².